The van der Waals surface area contributed by atoms with E-state index in [1.807, 2.05) is 12.1 Å². The minimum absolute atomic E-state index is 0.103. The van der Waals surface area contributed by atoms with Crippen LogP contribution in [0.15, 0.2) is 24.3 Å². The summed E-state index contributed by atoms with van der Waals surface area (Å²) in [5.41, 5.74) is 2.44. The van der Waals surface area contributed by atoms with Crippen LogP contribution in [-0.2, 0) is 10.2 Å². The molecule has 1 heterocycles. The summed E-state index contributed by atoms with van der Waals surface area (Å²) in [6.07, 6.45) is 6.52. The van der Waals surface area contributed by atoms with E-state index in [9.17, 15) is 8.42 Å². The summed E-state index contributed by atoms with van der Waals surface area (Å²) in [5, 5.41) is 0. The van der Waals surface area contributed by atoms with Crippen LogP contribution in [-0.4, -0.2) is 39.0 Å². The first kappa shape index (κ1) is 17.9. The molecule has 1 atom stereocenters. The molecule has 6 heteroatoms. The van der Waals surface area contributed by atoms with Gasteiger partial charge < -0.3 is 0 Å². The molecule has 1 aliphatic heterocycles. The molecule has 0 bridgehead atoms. The van der Waals surface area contributed by atoms with Crippen molar-refractivity contribution in [3.8, 4) is 0 Å². The highest BCUT2D eigenvalue weighted by Crippen LogP contribution is 2.27. The highest BCUT2D eigenvalue weighted by molar-refractivity contribution is 7.87. The number of nitrogens with one attached hydrogen (secondary N) is 2. The first-order chi connectivity index (χ1) is 11.6. The largest absolute Gasteiger partial charge is 0.295 e. The lowest BCUT2D eigenvalue weighted by Gasteiger charge is -2.29. The summed E-state index contributed by atoms with van der Waals surface area (Å²) < 4.78 is 30.4. The molecule has 1 unspecified atom stereocenters. The first-order valence-corrected chi connectivity index (χ1v) is 10.6. The highest BCUT2D eigenvalue weighted by Gasteiger charge is 2.27. The van der Waals surface area contributed by atoms with E-state index < -0.39 is 10.2 Å². The second-order valence-corrected chi connectivity index (χ2v) is 8.60. The molecule has 2 N–H and O–H groups in total. The lowest BCUT2D eigenvalue weighted by molar-refractivity contribution is 0.245. The SMILES string of the molecule is Cc1ccccc1C(CNS(=O)(=O)NC1CCCC1)N1CCCC1. The Labute approximate surface area is 146 Å². The van der Waals surface area contributed by atoms with E-state index in [4.69, 9.17) is 0 Å². The number of hydrogen-bond donors (Lipinski definition) is 2. The lowest BCUT2D eigenvalue weighted by atomic mass is 10.0. The minimum atomic E-state index is -3.44. The first-order valence-electron chi connectivity index (χ1n) is 9.12. The summed E-state index contributed by atoms with van der Waals surface area (Å²) in [4.78, 5) is 2.40. The van der Waals surface area contributed by atoms with Crippen molar-refractivity contribution in [1.29, 1.82) is 0 Å². The predicted molar refractivity (Wildman–Crippen MR) is 97.0 cm³/mol. The van der Waals surface area contributed by atoms with E-state index in [-0.39, 0.29) is 12.1 Å². The fraction of sp³-hybridized carbons (Fsp3) is 0.667. The molecular weight excluding hydrogens is 322 g/mol. The van der Waals surface area contributed by atoms with Gasteiger partial charge in [0.25, 0.3) is 10.2 Å². The van der Waals surface area contributed by atoms with Crippen molar-refractivity contribution in [2.24, 2.45) is 0 Å². The quantitative estimate of drug-likeness (QED) is 0.793. The van der Waals surface area contributed by atoms with Gasteiger partial charge in [-0.15, -0.1) is 0 Å². The number of hydrogen-bond acceptors (Lipinski definition) is 3. The van der Waals surface area contributed by atoms with Crippen LogP contribution in [0.25, 0.3) is 0 Å². The molecule has 0 radical (unpaired) electrons. The summed E-state index contributed by atoms with van der Waals surface area (Å²) in [5.74, 6) is 0. The summed E-state index contributed by atoms with van der Waals surface area (Å²) in [7, 11) is -3.44. The zero-order valence-corrected chi connectivity index (χ0v) is 15.3. The summed E-state index contributed by atoms with van der Waals surface area (Å²) >= 11 is 0. The van der Waals surface area contributed by atoms with Crippen molar-refractivity contribution in [2.45, 2.75) is 57.5 Å². The van der Waals surface area contributed by atoms with Gasteiger partial charge in [-0.3, -0.25) is 4.90 Å². The van der Waals surface area contributed by atoms with Crippen LogP contribution in [0.2, 0.25) is 0 Å². The number of aryl methyl sites for hydroxylation is 1. The molecule has 0 spiro atoms. The van der Waals surface area contributed by atoms with E-state index in [1.165, 1.54) is 24.0 Å². The van der Waals surface area contributed by atoms with Crippen molar-refractivity contribution in [3.63, 3.8) is 0 Å². The molecule has 2 fully saturated rings. The van der Waals surface area contributed by atoms with Crippen molar-refractivity contribution >= 4 is 10.2 Å². The van der Waals surface area contributed by atoms with Crippen molar-refractivity contribution in [3.05, 3.63) is 35.4 Å². The fourth-order valence-electron chi connectivity index (χ4n) is 3.94. The van der Waals surface area contributed by atoms with E-state index in [0.717, 1.165) is 38.8 Å². The normalized spacial score (nSPS) is 21.4. The highest BCUT2D eigenvalue weighted by atomic mass is 32.2. The molecule has 2 aliphatic rings. The van der Waals surface area contributed by atoms with Crippen LogP contribution < -0.4 is 9.44 Å². The number of rotatable bonds is 7. The topological polar surface area (TPSA) is 61.4 Å². The molecule has 1 aromatic rings. The molecule has 5 nitrogen and oxygen atoms in total. The van der Waals surface area contributed by atoms with E-state index in [2.05, 4.69) is 33.4 Å². The maximum atomic E-state index is 12.4. The fourth-order valence-corrected chi connectivity index (χ4v) is 5.08. The number of benzene rings is 1. The summed E-state index contributed by atoms with van der Waals surface area (Å²) in [6, 6.07) is 8.50. The Kier molecular flexibility index (Phi) is 5.92. The van der Waals surface area contributed by atoms with Gasteiger partial charge in [-0.1, -0.05) is 37.1 Å². The van der Waals surface area contributed by atoms with Crippen molar-refractivity contribution in [1.82, 2.24) is 14.3 Å². The summed E-state index contributed by atoms with van der Waals surface area (Å²) in [6.45, 7) is 4.60. The smallest absolute Gasteiger partial charge is 0.277 e. The van der Waals surface area contributed by atoms with Gasteiger partial charge in [0, 0.05) is 18.6 Å². The zero-order chi connectivity index (χ0) is 17.0. The molecule has 0 aromatic heterocycles. The molecule has 0 amide bonds. The third-order valence-electron chi connectivity index (χ3n) is 5.27. The second-order valence-electron chi connectivity index (χ2n) is 7.07. The Hall–Kier alpha value is -0.950. The van der Waals surface area contributed by atoms with Gasteiger partial charge in [-0.25, -0.2) is 4.72 Å². The van der Waals surface area contributed by atoms with Gasteiger partial charge in [-0.05, 0) is 56.8 Å². The Balaban J connectivity index is 1.68. The van der Waals surface area contributed by atoms with Crippen LogP contribution in [0, 0.1) is 6.92 Å². The molecule has 3 rings (SSSR count). The average molecular weight is 352 g/mol. The third-order valence-corrected chi connectivity index (χ3v) is 6.46. The number of nitrogens with zero attached hydrogens (tertiary/aromatic N) is 1. The Morgan fingerprint density at radius 3 is 2.46 bits per heavy atom. The molecule has 1 aromatic carbocycles. The Morgan fingerprint density at radius 2 is 1.79 bits per heavy atom. The lowest BCUT2D eigenvalue weighted by Crippen LogP contribution is -2.45. The molecule has 24 heavy (non-hydrogen) atoms. The van der Waals surface area contributed by atoms with E-state index in [1.54, 1.807) is 0 Å². The van der Waals surface area contributed by atoms with Crippen LogP contribution in [0.4, 0.5) is 0 Å². The van der Waals surface area contributed by atoms with Gasteiger partial charge >= 0.3 is 0 Å². The maximum absolute atomic E-state index is 12.4. The van der Waals surface area contributed by atoms with E-state index in [0.29, 0.717) is 6.54 Å². The van der Waals surface area contributed by atoms with Crippen LogP contribution in [0.5, 0.6) is 0 Å². The molecule has 1 saturated carbocycles. The zero-order valence-electron chi connectivity index (χ0n) is 14.5. The van der Waals surface area contributed by atoms with Gasteiger partial charge in [0.1, 0.15) is 0 Å². The van der Waals surface area contributed by atoms with Crippen LogP contribution in [0.3, 0.4) is 0 Å². The van der Waals surface area contributed by atoms with Gasteiger partial charge in [0.05, 0.1) is 0 Å². The number of likely N-dealkylation sites (tertiary alicyclic amines) is 1. The molecular formula is C18H29N3O2S. The molecule has 134 valence electrons. The maximum Gasteiger partial charge on any atom is 0.277 e. The Bertz CT molecular complexity index is 635. The second kappa shape index (κ2) is 7.95. The molecule has 1 saturated heterocycles. The van der Waals surface area contributed by atoms with Crippen LogP contribution >= 0.6 is 0 Å². The average Bonchev–Trinajstić information content (AvgIpc) is 3.22. The van der Waals surface area contributed by atoms with Crippen molar-refractivity contribution in [2.75, 3.05) is 19.6 Å². The standard InChI is InChI=1S/C18H29N3O2S/c1-15-8-2-5-11-17(15)18(21-12-6-7-13-21)14-19-24(22,23)20-16-9-3-4-10-16/h2,5,8,11,16,18-20H,3-4,6-7,9-10,12-14H2,1H3. The van der Waals surface area contributed by atoms with E-state index >= 15 is 0 Å². The van der Waals surface area contributed by atoms with Crippen molar-refractivity contribution < 1.29 is 8.42 Å². The van der Waals surface area contributed by atoms with Gasteiger partial charge in [0.2, 0.25) is 0 Å². The minimum Gasteiger partial charge on any atom is -0.295 e. The molecule has 1 aliphatic carbocycles. The van der Waals surface area contributed by atoms with Crippen LogP contribution in [0.1, 0.15) is 55.7 Å². The predicted octanol–water partition coefficient (Wildman–Crippen LogP) is 2.50. The third kappa shape index (κ3) is 4.57. The van der Waals surface area contributed by atoms with Gasteiger partial charge in [0.15, 0.2) is 0 Å². The Morgan fingerprint density at radius 1 is 1.12 bits per heavy atom. The monoisotopic (exact) mass is 351 g/mol. The van der Waals surface area contributed by atoms with Gasteiger partial charge in [-0.2, -0.15) is 13.1 Å².